The Morgan fingerprint density at radius 2 is 2.05 bits per heavy atom. The van der Waals surface area contributed by atoms with Crippen LogP contribution in [0.2, 0.25) is 0 Å². The number of hydrogen-bond acceptors (Lipinski definition) is 6. The highest BCUT2D eigenvalue weighted by atomic mass is 127. The number of hydrogen-bond donors (Lipinski definition) is 2. The maximum Gasteiger partial charge on any atom is 0.248 e. The summed E-state index contributed by atoms with van der Waals surface area (Å²) in [6.07, 6.45) is 1.46. The van der Waals surface area contributed by atoms with Crippen LogP contribution in [0.5, 0.6) is 0 Å². The van der Waals surface area contributed by atoms with Crippen LogP contribution in [-0.2, 0) is 0 Å². The number of nitriles is 1. The topological polar surface area (TPSA) is 105 Å². The van der Waals surface area contributed by atoms with Gasteiger partial charge in [0.2, 0.25) is 11.9 Å². The molecule has 3 rings (SSSR count). The highest BCUT2D eigenvalue weighted by Gasteiger charge is 2.11. The minimum Gasteiger partial charge on any atom is -0.368 e. The Hall–Kier alpha value is -2.67. The second-order valence-corrected chi connectivity index (χ2v) is 5.49. The van der Waals surface area contributed by atoms with Gasteiger partial charge >= 0.3 is 0 Å². The number of pyridine rings is 1. The lowest BCUT2D eigenvalue weighted by atomic mass is 10.3. The van der Waals surface area contributed by atoms with Crippen LogP contribution in [0.4, 0.5) is 17.6 Å². The molecule has 0 saturated heterocycles. The minimum absolute atomic E-state index is 0.214. The van der Waals surface area contributed by atoms with Crippen molar-refractivity contribution in [1.29, 1.82) is 5.26 Å². The predicted octanol–water partition coefficient (Wildman–Crippen LogP) is 2.46. The smallest absolute Gasteiger partial charge is 0.248 e. The molecule has 2 heterocycles. The van der Waals surface area contributed by atoms with Gasteiger partial charge in [0.05, 0.1) is 11.3 Å². The lowest BCUT2D eigenvalue weighted by Gasteiger charge is -2.03. The van der Waals surface area contributed by atoms with Crippen LogP contribution < -0.4 is 11.1 Å². The van der Waals surface area contributed by atoms with E-state index in [1.54, 1.807) is 12.1 Å². The van der Waals surface area contributed by atoms with Gasteiger partial charge in [0.1, 0.15) is 6.07 Å². The van der Waals surface area contributed by atoms with E-state index >= 15 is 0 Å². The van der Waals surface area contributed by atoms with Crippen LogP contribution >= 0.6 is 22.6 Å². The van der Waals surface area contributed by atoms with E-state index in [0.717, 1.165) is 9.26 Å². The summed E-state index contributed by atoms with van der Waals surface area (Å²) in [5.41, 5.74) is 7.25. The highest BCUT2D eigenvalue weighted by Crippen LogP contribution is 2.21. The number of aromatic nitrogens is 4. The molecule has 1 aromatic carbocycles. The molecule has 0 bridgehead atoms. The predicted molar refractivity (Wildman–Crippen MR) is 90.7 cm³/mol. The molecule has 7 nitrogen and oxygen atoms in total. The summed E-state index contributed by atoms with van der Waals surface area (Å²) in [6.45, 7) is 0. The van der Waals surface area contributed by atoms with Crippen molar-refractivity contribution in [3.05, 3.63) is 51.7 Å². The molecule has 108 valence electrons. The normalized spacial score (nSPS) is 10.2. The third-order valence-electron chi connectivity index (χ3n) is 2.85. The van der Waals surface area contributed by atoms with E-state index in [1.807, 2.05) is 30.3 Å². The number of benzene rings is 1. The molecule has 2 aromatic heterocycles. The summed E-state index contributed by atoms with van der Waals surface area (Å²) in [7, 11) is 0. The zero-order chi connectivity index (χ0) is 15.5. The van der Waals surface area contributed by atoms with Crippen LogP contribution in [-0.4, -0.2) is 19.7 Å². The van der Waals surface area contributed by atoms with Crippen molar-refractivity contribution >= 4 is 40.2 Å². The molecule has 0 unspecified atom stereocenters. The number of nitrogens with zero attached hydrogens (tertiary/aromatic N) is 5. The Bertz CT molecular complexity index is 848. The van der Waals surface area contributed by atoms with Crippen molar-refractivity contribution < 1.29 is 0 Å². The van der Waals surface area contributed by atoms with E-state index in [9.17, 15) is 0 Å². The quantitative estimate of drug-likeness (QED) is 0.651. The second-order valence-electron chi connectivity index (χ2n) is 4.33. The van der Waals surface area contributed by atoms with Crippen LogP contribution in [0, 0.1) is 14.9 Å². The molecular weight excluding hydrogens is 393 g/mol. The van der Waals surface area contributed by atoms with E-state index in [1.165, 1.54) is 10.9 Å². The largest absolute Gasteiger partial charge is 0.368 e. The molecule has 22 heavy (non-hydrogen) atoms. The van der Waals surface area contributed by atoms with E-state index < -0.39 is 0 Å². The molecule has 0 aliphatic carbocycles. The van der Waals surface area contributed by atoms with Crippen molar-refractivity contribution in [2.75, 3.05) is 11.1 Å². The number of nitrogen functional groups attached to an aromatic ring is 1. The van der Waals surface area contributed by atoms with Crippen molar-refractivity contribution in [2.45, 2.75) is 0 Å². The number of nitrogens with one attached hydrogen (secondary N) is 1. The third kappa shape index (κ3) is 2.84. The summed E-state index contributed by atoms with van der Waals surface area (Å²) in [5.74, 6) is 1.10. The van der Waals surface area contributed by atoms with Gasteiger partial charge in [-0.1, -0.05) is 12.1 Å². The Kier molecular flexibility index (Phi) is 3.88. The van der Waals surface area contributed by atoms with Gasteiger partial charge in [-0.3, -0.25) is 0 Å². The van der Waals surface area contributed by atoms with Crippen molar-refractivity contribution in [1.82, 2.24) is 19.7 Å². The molecule has 0 radical (unpaired) electrons. The van der Waals surface area contributed by atoms with E-state index in [2.05, 4.69) is 43.0 Å². The van der Waals surface area contributed by atoms with Gasteiger partial charge in [0, 0.05) is 9.77 Å². The average Bonchev–Trinajstić information content (AvgIpc) is 2.90. The molecular formula is C14H10IN7. The Labute approximate surface area is 140 Å². The summed E-state index contributed by atoms with van der Waals surface area (Å²) in [5, 5.41) is 16.2. The van der Waals surface area contributed by atoms with Gasteiger partial charge in [0.15, 0.2) is 5.82 Å². The number of nitrogens with two attached hydrogens (primary N) is 1. The first kappa shape index (κ1) is 14.3. The Morgan fingerprint density at radius 1 is 1.23 bits per heavy atom. The summed E-state index contributed by atoms with van der Waals surface area (Å²) < 4.78 is 2.46. The van der Waals surface area contributed by atoms with Crippen molar-refractivity contribution in [3.8, 4) is 11.9 Å². The van der Waals surface area contributed by atoms with Crippen LogP contribution in [0.25, 0.3) is 5.82 Å². The molecule has 0 saturated carbocycles. The molecule has 0 amide bonds. The van der Waals surface area contributed by atoms with Crippen LogP contribution in [0.3, 0.4) is 0 Å². The zero-order valence-electron chi connectivity index (χ0n) is 11.2. The SMILES string of the molecule is N#Cc1ccc(-n2nc(Nc3ccccc3I)nc2N)nc1. The molecule has 0 atom stereocenters. The van der Waals surface area contributed by atoms with Gasteiger partial charge in [-0.2, -0.15) is 14.9 Å². The standard InChI is InChI=1S/C14H10IN7/c15-10-3-1-2-4-11(10)19-14-20-13(17)22(21-14)12-6-5-9(7-16)8-18-12/h1-6,8H,(H3,17,19,20,21). The summed E-state index contributed by atoms with van der Waals surface area (Å²) in [4.78, 5) is 8.32. The molecule has 3 aromatic rings. The molecule has 0 aliphatic rings. The van der Waals surface area contributed by atoms with E-state index in [-0.39, 0.29) is 5.95 Å². The molecule has 0 fully saturated rings. The first-order valence-corrected chi connectivity index (χ1v) is 7.36. The Balaban J connectivity index is 1.90. The summed E-state index contributed by atoms with van der Waals surface area (Å²) >= 11 is 2.22. The van der Waals surface area contributed by atoms with E-state index in [0.29, 0.717) is 17.3 Å². The minimum atomic E-state index is 0.214. The molecule has 3 N–H and O–H groups in total. The average molecular weight is 403 g/mol. The second kappa shape index (κ2) is 5.98. The summed E-state index contributed by atoms with van der Waals surface area (Å²) in [6, 6.07) is 13.1. The lowest BCUT2D eigenvalue weighted by Crippen LogP contribution is -2.04. The van der Waals surface area contributed by atoms with Gasteiger partial charge in [-0.15, -0.1) is 5.10 Å². The number of halogens is 1. The maximum absolute atomic E-state index is 8.79. The van der Waals surface area contributed by atoms with Crippen molar-refractivity contribution in [3.63, 3.8) is 0 Å². The van der Waals surface area contributed by atoms with Gasteiger partial charge in [-0.25, -0.2) is 4.98 Å². The lowest BCUT2D eigenvalue weighted by molar-refractivity contribution is 0.859. The zero-order valence-corrected chi connectivity index (χ0v) is 13.4. The number of rotatable bonds is 3. The van der Waals surface area contributed by atoms with Gasteiger partial charge in [-0.05, 0) is 46.9 Å². The number of anilines is 3. The fourth-order valence-corrected chi connectivity index (χ4v) is 2.33. The first-order valence-electron chi connectivity index (χ1n) is 6.28. The van der Waals surface area contributed by atoms with Crippen LogP contribution in [0.15, 0.2) is 42.6 Å². The molecule has 0 aliphatic heterocycles. The monoisotopic (exact) mass is 403 g/mol. The number of para-hydroxylation sites is 1. The van der Waals surface area contributed by atoms with Gasteiger partial charge < -0.3 is 11.1 Å². The molecule has 8 heteroatoms. The fourth-order valence-electron chi connectivity index (χ4n) is 1.81. The molecule has 0 spiro atoms. The third-order valence-corrected chi connectivity index (χ3v) is 3.79. The van der Waals surface area contributed by atoms with Crippen LogP contribution in [0.1, 0.15) is 5.56 Å². The van der Waals surface area contributed by atoms with E-state index in [4.69, 9.17) is 11.0 Å². The highest BCUT2D eigenvalue weighted by molar-refractivity contribution is 14.1. The van der Waals surface area contributed by atoms with Gasteiger partial charge in [0.25, 0.3) is 0 Å². The van der Waals surface area contributed by atoms with Crippen molar-refractivity contribution in [2.24, 2.45) is 0 Å². The Morgan fingerprint density at radius 3 is 2.73 bits per heavy atom. The first-order chi connectivity index (χ1) is 10.7. The maximum atomic E-state index is 8.79. The fraction of sp³-hybridized carbons (Fsp3) is 0.